The van der Waals surface area contributed by atoms with Crippen LogP contribution in [0.15, 0.2) is 35.6 Å². The molecule has 0 saturated carbocycles. The van der Waals surface area contributed by atoms with E-state index in [9.17, 15) is 4.79 Å². The van der Waals surface area contributed by atoms with Gasteiger partial charge in [0, 0.05) is 18.5 Å². The largest absolute Gasteiger partial charge is 0.330 e. The van der Waals surface area contributed by atoms with Crippen LogP contribution in [0.25, 0.3) is 0 Å². The first kappa shape index (κ1) is 19.7. The third kappa shape index (κ3) is 6.79. The van der Waals surface area contributed by atoms with E-state index in [0.29, 0.717) is 5.92 Å². The molecule has 120 valence electrons. The van der Waals surface area contributed by atoms with Crippen LogP contribution < -0.4 is 5.32 Å². The quantitative estimate of drug-likeness (QED) is 0.699. The first-order valence-electron chi connectivity index (χ1n) is 8.31. The van der Waals surface area contributed by atoms with Crippen molar-refractivity contribution in [2.45, 2.75) is 67.2 Å². The molecule has 0 fully saturated rings. The molecular weight excluding hydrogens is 258 g/mol. The summed E-state index contributed by atoms with van der Waals surface area (Å²) < 4.78 is 0. The molecule has 0 heterocycles. The van der Waals surface area contributed by atoms with E-state index in [-0.39, 0.29) is 11.8 Å². The van der Waals surface area contributed by atoms with Gasteiger partial charge in [0.1, 0.15) is 0 Å². The van der Waals surface area contributed by atoms with Crippen molar-refractivity contribution in [3.8, 4) is 0 Å². The number of nitrogens with one attached hydrogen (secondary N) is 1. The number of hydrogen-bond acceptors (Lipinski definition) is 1. The lowest BCUT2D eigenvalue weighted by molar-refractivity contribution is -0.118. The SMILES string of the molecule is C=C(NC(C)=O)C(C)C1=CC=C(C(C)CCC)CC1.CC. The molecule has 1 aliphatic rings. The maximum atomic E-state index is 11.1. The summed E-state index contributed by atoms with van der Waals surface area (Å²) >= 11 is 0. The van der Waals surface area contributed by atoms with Gasteiger partial charge in [0.15, 0.2) is 0 Å². The van der Waals surface area contributed by atoms with Gasteiger partial charge >= 0.3 is 0 Å². The van der Waals surface area contributed by atoms with Crippen LogP contribution in [-0.2, 0) is 4.79 Å². The van der Waals surface area contributed by atoms with Crippen molar-refractivity contribution in [1.82, 2.24) is 5.32 Å². The molecule has 2 heteroatoms. The van der Waals surface area contributed by atoms with Gasteiger partial charge < -0.3 is 5.32 Å². The Balaban J connectivity index is 0.00000191. The van der Waals surface area contributed by atoms with Gasteiger partial charge in [-0.05, 0) is 25.2 Å². The first-order valence-corrected chi connectivity index (χ1v) is 8.31. The molecule has 1 N–H and O–H groups in total. The average Bonchev–Trinajstić information content (AvgIpc) is 2.48. The predicted molar refractivity (Wildman–Crippen MR) is 92.9 cm³/mol. The third-order valence-corrected chi connectivity index (χ3v) is 3.98. The van der Waals surface area contributed by atoms with Gasteiger partial charge in [0.2, 0.25) is 5.91 Å². The molecule has 0 aromatic carbocycles. The lowest BCUT2D eigenvalue weighted by atomic mass is 9.83. The highest BCUT2D eigenvalue weighted by Gasteiger charge is 2.17. The maximum absolute atomic E-state index is 11.1. The Hall–Kier alpha value is -1.31. The molecular formula is C19H33NO. The van der Waals surface area contributed by atoms with Crippen molar-refractivity contribution in [3.63, 3.8) is 0 Å². The summed E-state index contributed by atoms with van der Waals surface area (Å²) in [6.45, 7) is 16.1. The van der Waals surface area contributed by atoms with Crippen LogP contribution in [0.4, 0.5) is 0 Å². The van der Waals surface area contributed by atoms with E-state index in [1.165, 1.54) is 25.3 Å². The van der Waals surface area contributed by atoms with Gasteiger partial charge in [-0.3, -0.25) is 4.79 Å². The summed E-state index contributed by atoms with van der Waals surface area (Å²) in [5, 5.41) is 2.80. The molecule has 0 aliphatic heterocycles. The van der Waals surface area contributed by atoms with Crippen LogP contribution in [0, 0.1) is 11.8 Å². The summed E-state index contributed by atoms with van der Waals surface area (Å²) in [5.41, 5.74) is 3.73. The van der Waals surface area contributed by atoms with E-state index in [1.807, 2.05) is 13.8 Å². The molecule has 2 atom stereocenters. The molecule has 0 saturated heterocycles. The van der Waals surface area contributed by atoms with Crippen molar-refractivity contribution in [3.05, 3.63) is 35.6 Å². The van der Waals surface area contributed by atoms with Crippen LogP contribution in [0.1, 0.15) is 67.2 Å². The van der Waals surface area contributed by atoms with Gasteiger partial charge in [-0.1, -0.05) is 70.9 Å². The van der Waals surface area contributed by atoms with Crippen LogP contribution >= 0.6 is 0 Å². The van der Waals surface area contributed by atoms with Gasteiger partial charge in [-0.2, -0.15) is 0 Å². The second-order valence-corrected chi connectivity index (χ2v) is 5.60. The van der Waals surface area contributed by atoms with Gasteiger partial charge in [0.05, 0.1) is 0 Å². The Morgan fingerprint density at radius 2 is 1.76 bits per heavy atom. The zero-order valence-electron chi connectivity index (χ0n) is 14.8. The molecule has 0 spiro atoms. The lowest BCUT2D eigenvalue weighted by Gasteiger charge is -2.24. The van der Waals surface area contributed by atoms with Gasteiger partial charge in [-0.15, -0.1) is 0 Å². The highest BCUT2D eigenvalue weighted by Crippen LogP contribution is 2.31. The molecule has 1 amide bonds. The summed E-state index contributed by atoms with van der Waals surface area (Å²) in [5.74, 6) is 0.876. The maximum Gasteiger partial charge on any atom is 0.220 e. The summed E-state index contributed by atoms with van der Waals surface area (Å²) in [6, 6.07) is 0. The van der Waals surface area contributed by atoms with E-state index >= 15 is 0 Å². The fraction of sp³-hybridized carbons (Fsp3) is 0.632. The van der Waals surface area contributed by atoms with Crippen LogP contribution in [0.2, 0.25) is 0 Å². The number of hydrogen-bond donors (Lipinski definition) is 1. The zero-order valence-corrected chi connectivity index (χ0v) is 14.8. The van der Waals surface area contributed by atoms with E-state index in [2.05, 4.69) is 44.8 Å². The number of rotatable bonds is 6. The van der Waals surface area contributed by atoms with Crippen molar-refractivity contribution >= 4 is 5.91 Å². The number of carbonyl (C=O) groups excluding carboxylic acids is 1. The fourth-order valence-corrected chi connectivity index (χ4v) is 2.62. The Morgan fingerprint density at radius 1 is 1.24 bits per heavy atom. The van der Waals surface area contributed by atoms with E-state index in [0.717, 1.165) is 18.5 Å². The van der Waals surface area contributed by atoms with Gasteiger partial charge in [-0.25, -0.2) is 0 Å². The smallest absolute Gasteiger partial charge is 0.220 e. The molecule has 2 unspecified atom stereocenters. The minimum Gasteiger partial charge on any atom is -0.330 e. The highest BCUT2D eigenvalue weighted by molar-refractivity contribution is 5.74. The van der Waals surface area contributed by atoms with E-state index in [4.69, 9.17) is 0 Å². The third-order valence-electron chi connectivity index (χ3n) is 3.98. The normalized spacial score (nSPS) is 16.7. The Morgan fingerprint density at radius 3 is 2.19 bits per heavy atom. The van der Waals surface area contributed by atoms with Crippen LogP contribution in [0.5, 0.6) is 0 Å². The molecule has 0 bridgehead atoms. The van der Waals surface area contributed by atoms with Crippen molar-refractivity contribution in [2.75, 3.05) is 0 Å². The average molecular weight is 291 g/mol. The standard InChI is InChI=1S/C17H27NO.C2H6/c1-6-7-12(2)16-8-10-17(11-9-16)13(3)14(4)18-15(5)19;1-2/h8,10,12-13H,4,6-7,9,11H2,1-3,5H3,(H,18,19);1-2H3. The monoisotopic (exact) mass is 291 g/mol. The second-order valence-electron chi connectivity index (χ2n) is 5.60. The Bertz CT molecular complexity index is 404. The molecule has 0 aromatic heterocycles. The van der Waals surface area contributed by atoms with E-state index < -0.39 is 0 Å². The fourth-order valence-electron chi connectivity index (χ4n) is 2.62. The minimum atomic E-state index is -0.0407. The Kier molecular flexibility index (Phi) is 9.77. The second kappa shape index (κ2) is 10.4. The molecule has 1 aliphatic carbocycles. The summed E-state index contributed by atoms with van der Waals surface area (Å²) in [7, 11) is 0. The van der Waals surface area contributed by atoms with Crippen molar-refractivity contribution in [2.24, 2.45) is 11.8 Å². The number of carbonyl (C=O) groups is 1. The minimum absolute atomic E-state index is 0.0407. The zero-order chi connectivity index (χ0) is 16.4. The van der Waals surface area contributed by atoms with Crippen LogP contribution in [-0.4, -0.2) is 5.91 Å². The topological polar surface area (TPSA) is 29.1 Å². The molecule has 2 nitrogen and oxygen atoms in total. The lowest BCUT2D eigenvalue weighted by Crippen LogP contribution is -2.24. The van der Waals surface area contributed by atoms with Crippen LogP contribution in [0.3, 0.4) is 0 Å². The van der Waals surface area contributed by atoms with Crippen molar-refractivity contribution < 1.29 is 4.79 Å². The summed E-state index contributed by atoms with van der Waals surface area (Å²) in [6.07, 6.45) is 9.23. The molecule has 1 rings (SSSR count). The first-order chi connectivity index (χ1) is 9.95. The molecule has 0 aromatic rings. The van der Waals surface area contributed by atoms with Crippen molar-refractivity contribution in [1.29, 1.82) is 0 Å². The summed E-state index contributed by atoms with van der Waals surface area (Å²) in [4.78, 5) is 11.1. The number of amides is 1. The number of allylic oxidation sites excluding steroid dienone is 4. The molecule has 21 heavy (non-hydrogen) atoms. The van der Waals surface area contributed by atoms with E-state index in [1.54, 1.807) is 5.57 Å². The predicted octanol–water partition coefficient (Wildman–Crippen LogP) is 5.38. The van der Waals surface area contributed by atoms with Gasteiger partial charge in [0.25, 0.3) is 0 Å². The molecule has 0 radical (unpaired) electrons. The highest BCUT2D eigenvalue weighted by atomic mass is 16.1. The Labute approximate surface area is 131 Å².